The predicted octanol–water partition coefficient (Wildman–Crippen LogP) is 14.5. The molecule has 0 amide bonds. The number of hydrogen-bond acceptors (Lipinski definition) is 0. The van der Waals surface area contributed by atoms with Crippen molar-refractivity contribution in [3.05, 3.63) is 145 Å². The second-order valence-corrected chi connectivity index (χ2v) is 12.8. The Balaban J connectivity index is 0.000000420. The van der Waals surface area contributed by atoms with E-state index >= 15 is 0 Å². The third-order valence-corrected chi connectivity index (χ3v) is 8.48. The second-order valence-electron chi connectivity index (χ2n) is 12.8. The van der Waals surface area contributed by atoms with Crippen LogP contribution in [0.5, 0.6) is 0 Å². The van der Waals surface area contributed by atoms with Crippen LogP contribution >= 0.6 is 24.8 Å². The normalized spacial score (nSPS) is 10.4. The molecule has 0 aromatic heterocycles. The van der Waals surface area contributed by atoms with E-state index in [-0.39, 0.29) is 50.7 Å². The summed E-state index contributed by atoms with van der Waals surface area (Å²) in [6, 6.07) is 40.7. The van der Waals surface area contributed by atoms with Crippen LogP contribution in [0.2, 0.25) is 0 Å². The van der Waals surface area contributed by atoms with Crippen molar-refractivity contribution in [3.8, 4) is 22.3 Å². The van der Waals surface area contributed by atoms with Crippen LogP contribution in [0.1, 0.15) is 94.9 Å². The van der Waals surface area contributed by atoms with Crippen LogP contribution in [0.25, 0.3) is 43.8 Å². The van der Waals surface area contributed by atoms with Gasteiger partial charge in [0, 0.05) is 0 Å². The van der Waals surface area contributed by atoms with Crippen molar-refractivity contribution in [1.82, 2.24) is 0 Å². The third kappa shape index (κ3) is 11.3. The van der Waals surface area contributed by atoms with Gasteiger partial charge < -0.3 is 20.3 Å². The molecule has 6 aromatic rings. The minimum Gasteiger partial charge on any atom is -0.372 e. The zero-order valence-corrected chi connectivity index (χ0v) is 35.0. The quantitative estimate of drug-likeness (QED) is 0.106. The summed E-state index contributed by atoms with van der Waals surface area (Å²) in [5.41, 5.74) is 11.1. The summed E-state index contributed by atoms with van der Waals surface area (Å²) in [6.45, 7) is 20.2. The Hall–Kier alpha value is -2.45. The molecule has 252 valence electrons. The van der Waals surface area contributed by atoms with Crippen LogP contribution in [0.3, 0.4) is 0 Å². The second kappa shape index (κ2) is 21.6. The zero-order valence-electron chi connectivity index (χ0n) is 29.8. The Morgan fingerprint density at radius 3 is 1.17 bits per heavy atom. The first-order chi connectivity index (χ1) is 21.8. The molecule has 6 aromatic carbocycles. The van der Waals surface area contributed by atoms with Gasteiger partial charge in [-0.3, -0.25) is 0 Å². The maximum absolute atomic E-state index is 3.38. The van der Waals surface area contributed by atoms with Crippen LogP contribution in [0.4, 0.5) is 0 Å². The van der Waals surface area contributed by atoms with Crippen molar-refractivity contribution in [1.29, 1.82) is 0 Å². The average molecular weight is 844 g/mol. The molecule has 0 nitrogen and oxygen atoms in total. The molecule has 0 aliphatic heterocycles. The van der Waals surface area contributed by atoms with Crippen molar-refractivity contribution in [2.45, 2.75) is 85.5 Å². The summed E-state index contributed by atoms with van der Waals surface area (Å²) in [6.07, 6.45) is 5.49. The minimum absolute atomic E-state index is 0. The van der Waals surface area contributed by atoms with Crippen molar-refractivity contribution in [2.24, 2.45) is 0 Å². The number of rotatable bonds is 8. The Labute approximate surface area is 323 Å². The third-order valence-electron chi connectivity index (χ3n) is 8.48. The van der Waals surface area contributed by atoms with Gasteiger partial charge in [-0.05, 0) is 46.9 Å². The van der Waals surface area contributed by atoms with E-state index in [9.17, 15) is 0 Å². The molecule has 0 spiro atoms. The molecule has 48 heavy (non-hydrogen) atoms. The molecule has 0 heterocycles. The molecule has 3 heteroatoms. The topological polar surface area (TPSA) is 0 Å². The Morgan fingerprint density at radius 2 is 0.875 bits per heavy atom. The number of hydrogen-bond donors (Lipinski definition) is 0. The molecule has 0 aliphatic carbocycles. The summed E-state index contributed by atoms with van der Waals surface area (Å²) in [4.78, 5) is 0. The van der Waals surface area contributed by atoms with E-state index in [4.69, 9.17) is 0 Å². The van der Waals surface area contributed by atoms with Gasteiger partial charge in [0.15, 0.2) is 0 Å². The molecule has 0 N–H and O–H groups in total. The molecule has 0 bridgehead atoms. The summed E-state index contributed by atoms with van der Waals surface area (Å²) < 4.78 is 0. The van der Waals surface area contributed by atoms with E-state index in [0.29, 0.717) is 11.8 Å². The Morgan fingerprint density at radius 1 is 0.542 bits per heavy atom. The first kappa shape index (κ1) is 43.6. The van der Waals surface area contributed by atoms with E-state index in [0.717, 1.165) is 6.42 Å². The maximum Gasteiger partial charge on any atom is 4.00 e. The first-order valence-electron chi connectivity index (χ1n) is 16.9. The fourth-order valence-electron chi connectivity index (χ4n) is 6.06. The van der Waals surface area contributed by atoms with Gasteiger partial charge in [0.05, 0.1) is 0 Å². The van der Waals surface area contributed by atoms with Crippen LogP contribution in [0, 0.1) is 13.8 Å². The summed E-state index contributed by atoms with van der Waals surface area (Å²) in [5.74, 6) is 1.18. The minimum atomic E-state index is 0. The summed E-state index contributed by atoms with van der Waals surface area (Å²) >= 11 is 0. The van der Waals surface area contributed by atoms with Gasteiger partial charge in [-0.15, -0.1) is 93.9 Å². The summed E-state index contributed by atoms with van der Waals surface area (Å²) in [5, 5.41) is 5.50. The van der Waals surface area contributed by atoms with E-state index in [1.54, 1.807) is 0 Å². The molecule has 0 saturated heterocycles. The smallest absolute Gasteiger partial charge is 0.372 e. The van der Waals surface area contributed by atoms with Gasteiger partial charge >= 0.3 is 25.8 Å². The largest absolute Gasteiger partial charge is 4.00 e. The fraction of sp³-hybridized carbons (Fsp3) is 0.289. The standard InChI is InChI=1S/2C21H23.C3H6.2ClH.Hf/c2*1-4-6-16-13-19-7-5-8-20(21(19)14-16)18-11-9-17(10-12-18)15(2)3;1-3-2;;;/h2*5,7-15H,4,6H2,1-3H3;1-3H2;2*1H;/q2*-1;-2;;;+4. The number of aryl methyl sites for hydroxylation is 2. The van der Waals surface area contributed by atoms with Gasteiger partial charge in [0.25, 0.3) is 0 Å². The van der Waals surface area contributed by atoms with Crippen molar-refractivity contribution in [3.63, 3.8) is 0 Å². The van der Waals surface area contributed by atoms with Crippen LogP contribution in [0.15, 0.2) is 109 Å². The first-order valence-corrected chi connectivity index (χ1v) is 16.9. The molecule has 0 aliphatic rings. The molecule has 0 fully saturated rings. The van der Waals surface area contributed by atoms with Gasteiger partial charge in [-0.2, -0.15) is 12.1 Å². The molecular formula is C45H54Cl2Hf. The van der Waals surface area contributed by atoms with Crippen molar-refractivity contribution < 1.29 is 25.8 Å². The zero-order chi connectivity index (χ0) is 32.3. The SMILES string of the molecule is CCCc1cc2c(-c3ccc(C(C)C)cc3)cccc2[cH-]1.CCCc1cc2c(-c3ccc(C(C)C)cc3)cccc2[cH-]1.Cl.Cl.[CH2-]C[CH2-].[Hf+4]. The van der Waals surface area contributed by atoms with E-state index in [1.807, 2.05) is 0 Å². The van der Waals surface area contributed by atoms with E-state index < -0.39 is 0 Å². The van der Waals surface area contributed by atoms with Gasteiger partial charge in [-0.25, -0.2) is 0 Å². The average Bonchev–Trinajstić information content (AvgIpc) is 3.65. The Bertz CT molecular complexity index is 1620. The Kier molecular flexibility index (Phi) is 19.6. The molecule has 0 saturated carbocycles. The van der Waals surface area contributed by atoms with Gasteiger partial charge in [0.2, 0.25) is 0 Å². The van der Waals surface area contributed by atoms with Crippen LogP contribution in [-0.2, 0) is 38.7 Å². The van der Waals surface area contributed by atoms with Crippen molar-refractivity contribution >= 4 is 46.4 Å². The van der Waals surface area contributed by atoms with Crippen LogP contribution in [-0.4, -0.2) is 0 Å². The fourth-order valence-corrected chi connectivity index (χ4v) is 6.06. The van der Waals surface area contributed by atoms with Crippen LogP contribution < -0.4 is 0 Å². The predicted molar refractivity (Wildman–Crippen MR) is 216 cm³/mol. The maximum atomic E-state index is 3.38. The molecule has 0 atom stereocenters. The molecule has 6 rings (SSSR count). The van der Waals surface area contributed by atoms with Crippen molar-refractivity contribution in [2.75, 3.05) is 0 Å². The molecule has 0 unspecified atom stereocenters. The monoisotopic (exact) mass is 844 g/mol. The summed E-state index contributed by atoms with van der Waals surface area (Å²) in [7, 11) is 0. The molecular weight excluding hydrogens is 790 g/mol. The van der Waals surface area contributed by atoms with Gasteiger partial charge in [-0.1, -0.05) is 126 Å². The number of benzene rings is 4. The van der Waals surface area contributed by atoms with Gasteiger partial charge in [0.1, 0.15) is 0 Å². The van der Waals surface area contributed by atoms with E-state index in [2.05, 4.69) is 165 Å². The number of fused-ring (bicyclic) bond motifs is 2. The van der Waals surface area contributed by atoms with E-state index in [1.165, 1.54) is 91.7 Å². The number of halogens is 2. The molecule has 0 radical (unpaired) electrons.